The first kappa shape index (κ1) is 16.4. The predicted molar refractivity (Wildman–Crippen MR) is 72.3 cm³/mol. The normalized spacial score (nSPS) is 12.9. The standard InChI is InChI=1S/C14H29NO2/c1-4-5-6-7-8-9-10-11-12-15(3)13(2)14(16)17/h13H,4-12H2,1-3H3,(H,16,17). The first-order valence-electron chi connectivity index (χ1n) is 7.02. The molecule has 0 amide bonds. The maximum atomic E-state index is 10.7. The van der Waals surface area contributed by atoms with E-state index in [0.717, 1.165) is 13.0 Å². The topological polar surface area (TPSA) is 40.5 Å². The molecule has 0 saturated carbocycles. The number of carbonyl (C=O) groups is 1. The van der Waals surface area contributed by atoms with E-state index >= 15 is 0 Å². The van der Waals surface area contributed by atoms with E-state index in [2.05, 4.69) is 6.92 Å². The Morgan fingerprint density at radius 3 is 2.00 bits per heavy atom. The van der Waals surface area contributed by atoms with Crippen molar-refractivity contribution < 1.29 is 9.90 Å². The Morgan fingerprint density at radius 1 is 1.06 bits per heavy atom. The van der Waals surface area contributed by atoms with Crippen LogP contribution in [0.5, 0.6) is 0 Å². The van der Waals surface area contributed by atoms with Crippen LogP contribution >= 0.6 is 0 Å². The van der Waals surface area contributed by atoms with Crippen LogP contribution in [0.15, 0.2) is 0 Å². The molecule has 0 rings (SSSR count). The summed E-state index contributed by atoms with van der Waals surface area (Å²) in [5, 5.41) is 8.83. The highest BCUT2D eigenvalue weighted by atomic mass is 16.4. The molecule has 0 spiro atoms. The summed E-state index contributed by atoms with van der Waals surface area (Å²) >= 11 is 0. The molecular weight excluding hydrogens is 214 g/mol. The second-order valence-corrected chi connectivity index (χ2v) is 4.97. The Balaban J connectivity index is 3.30. The Bertz CT molecular complexity index is 195. The molecule has 102 valence electrons. The minimum Gasteiger partial charge on any atom is -0.480 e. The predicted octanol–water partition coefficient (Wildman–Crippen LogP) is 3.53. The number of unbranched alkanes of at least 4 members (excludes halogenated alkanes) is 7. The van der Waals surface area contributed by atoms with Gasteiger partial charge >= 0.3 is 5.97 Å². The zero-order valence-electron chi connectivity index (χ0n) is 11.7. The number of aliphatic carboxylic acids is 1. The molecule has 17 heavy (non-hydrogen) atoms. The van der Waals surface area contributed by atoms with E-state index in [-0.39, 0.29) is 6.04 Å². The van der Waals surface area contributed by atoms with E-state index < -0.39 is 5.97 Å². The monoisotopic (exact) mass is 243 g/mol. The van der Waals surface area contributed by atoms with Crippen LogP contribution in [0, 0.1) is 0 Å². The van der Waals surface area contributed by atoms with Gasteiger partial charge in [-0.15, -0.1) is 0 Å². The number of likely N-dealkylation sites (N-methyl/N-ethyl adjacent to an activating group) is 1. The van der Waals surface area contributed by atoms with E-state index in [1.165, 1.54) is 44.9 Å². The lowest BCUT2D eigenvalue weighted by molar-refractivity contribution is -0.142. The van der Waals surface area contributed by atoms with Gasteiger partial charge in [0.15, 0.2) is 0 Å². The highest BCUT2D eigenvalue weighted by Crippen LogP contribution is 2.09. The Labute approximate surface area is 106 Å². The molecule has 0 fully saturated rings. The fraction of sp³-hybridized carbons (Fsp3) is 0.929. The molecule has 0 aliphatic heterocycles. The molecule has 1 atom stereocenters. The summed E-state index contributed by atoms with van der Waals surface area (Å²) in [7, 11) is 1.89. The van der Waals surface area contributed by atoms with Gasteiger partial charge in [-0.25, -0.2) is 0 Å². The van der Waals surface area contributed by atoms with Crippen LogP contribution in [-0.4, -0.2) is 35.6 Å². The van der Waals surface area contributed by atoms with Crippen LogP contribution in [0.3, 0.4) is 0 Å². The van der Waals surface area contributed by atoms with Gasteiger partial charge in [-0.1, -0.05) is 51.9 Å². The second kappa shape index (κ2) is 10.6. The molecule has 0 saturated heterocycles. The first-order valence-corrected chi connectivity index (χ1v) is 7.02. The van der Waals surface area contributed by atoms with Gasteiger partial charge in [-0.3, -0.25) is 9.69 Å². The quantitative estimate of drug-likeness (QED) is 0.564. The summed E-state index contributed by atoms with van der Waals surface area (Å²) in [6, 6.07) is -0.362. The van der Waals surface area contributed by atoms with E-state index in [4.69, 9.17) is 5.11 Å². The number of rotatable bonds is 11. The minimum atomic E-state index is -0.730. The third-order valence-electron chi connectivity index (χ3n) is 3.38. The highest BCUT2D eigenvalue weighted by Gasteiger charge is 2.15. The lowest BCUT2D eigenvalue weighted by Gasteiger charge is -2.20. The Kier molecular flexibility index (Phi) is 10.2. The van der Waals surface area contributed by atoms with Crippen molar-refractivity contribution in [3.63, 3.8) is 0 Å². The summed E-state index contributed by atoms with van der Waals surface area (Å²) in [5.41, 5.74) is 0. The number of nitrogens with zero attached hydrogens (tertiary/aromatic N) is 1. The zero-order valence-corrected chi connectivity index (χ0v) is 11.7. The number of carboxylic acid groups (broad SMARTS) is 1. The van der Waals surface area contributed by atoms with Gasteiger partial charge in [0, 0.05) is 0 Å². The van der Waals surface area contributed by atoms with Gasteiger partial charge in [0.05, 0.1) is 0 Å². The average molecular weight is 243 g/mol. The fourth-order valence-electron chi connectivity index (χ4n) is 1.88. The van der Waals surface area contributed by atoms with Crippen LogP contribution in [0.1, 0.15) is 65.2 Å². The van der Waals surface area contributed by atoms with Crippen LogP contribution in [0.4, 0.5) is 0 Å². The second-order valence-electron chi connectivity index (χ2n) is 4.97. The molecule has 1 N–H and O–H groups in total. The van der Waals surface area contributed by atoms with Crippen molar-refractivity contribution in [2.24, 2.45) is 0 Å². The molecule has 3 heteroatoms. The van der Waals surface area contributed by atoms with Crippen LogP contribution in [-0.2, 0) is 4.79 Å². The molecular formula is C14H29NO2. The van der Waals surface area contributed by atoms with E-state index in [1.807, 2.05) is 11.9 Å². The lowest BCUT2D eigenvalue weighted by atomic mass is 10.1. The zero-order chi connectivity index (χ0) is 13.1. The molecule has 0 radical (unpaired) electrons. The maximum Gasteiger partial charge on any atom is 0.320 e. The summed E-state index contributed by atoms with van der Waals surface area (Å²) in [6.45, 7) is 4.87. The van der Waals surface area contributed by atoms with Crippen molar-refractivity contribution in [2.75, 3.05) is 13.6 Å². The number of hydrogen-bond donors (Lipinski definition) is 1. The molecule has 0 aromatic heterocycles. The molecule has 0 bridgehead atoms. The molecule has 3 nitrogen and oxygen atoms in total. The first-order chi connectivity index (χ1) is 8.09. The van der Waals surface area contributed by atoms with E-state index in [9.17, 15) is 4.79 Å². The van der Waals surface area contributed by atoms with Crippen molar-refractivity contribution in [1.29, 1.82) is 0 Å². The highest BCUT2D eigenvalue weighted by molar-refractivity contribution is 5.72. The summed E-state index contributed by atoms with van der Waals surface area (Å²) < 4.78 is 0. The molecule has 0 aromatic carbocycles. The third kappa shape index (κ3) is 9.16. The molecule has 1 unspecified atom stereocenters. The Hall–Kier alpha value is -0.570. The lowest BCUT2D eigenvalue weighted by Crippen LogP contribution is -2.36. The van der Waals surface area contributed by atoms with Gasteiger partial charge in [0.25, 0.3) is 0 Å². The number of hydrogen-bond acceptors (Lipinski definition) is 2. The molecule has 0 heterocycles. The Morgan fingerprint density at radius 2 is 1.53 bits per heavy atom. The van der Waals surface area contributed by atoms with Gasteiger partial charge < -0.3 is 5.11 Å². The largest absolute Gasteiger partial charge is 0.480 e. The van der Waals surface area contributed by atoms with Crippen LogP contribution in [0.25, 0.3) is 0 Å². The van der Waals surface area contributed by atoms with E-state index in [0.29, 0.717) is 0 Å². The van der Waals surface area contributed by atoms with Gasteiger partial charge in [0.1, 0.15) is 6.04 Å². The minimum absolute atomic E-state index is 0.362. The molecule has 0 aliphatic rings. The molecule has 0 aromatic rings. The third-order valence-corrected chi connectivity index (χ3v) is 3.38. The summed E-state index contributed by atoms with van der Waals surface area (Å²) in [6.07, 6.45) is 10.3. The van der Waals surface area contributed by atoms with Gasteiger partial charge in [-0.2, -0.15) is 0 Å². The van der Waals surface area contributed by atoms with Crippen molar-refractivity contribution in [2.45, 2.75) is 71.3 Å². The van der Waals surface area contributed by atoms with Crippen molar-refractivity contribution in [1.82, 2.24) is 4.90 Å². The van der Waals surface area contributed by atoms with Crippen molar-refractivity contribution in [3.05, 3.63) is 0 Å². The van der Waals surface area contributed by atoms with Crippen LogP contribution < -0.4 is 0 Å². The fourth-order valence-corrected chi connectivity index (χ4v) is 1.88. The SMILES string of the molecule is CCCCCCCCCCN(C)C(C)C(=O)O. The van der Waals surface area contributed by atoms with Crippen molar-refractivity contribution in [3.8, 4) is 0 Å². The molecule has 0 aliphatic carbocycles. The smallest absolute Gasteiger partial charge is 0.320 e. The van der Waals surface area contributed by atoms with Gasteiger partial charge in [-0.05, 0) is 26.9 Å². The summed E-state index contributed by atoms with van der Waals surface area (Å²) in [4.78, 5) is 12.7. The number of carboxylic acids is 1. The summed E-state index contributed by atoms with van der Waals surface area (Å²) in [5.74, 6) is -0.730. The van der Waals surface area contributed by atoms with Crippen molar-refractivity contribution >= 4 is 5.97 Å². The maximum absolute atomic E-state index is 10.7. The average Bonchev–Trinajstić information content (AvgIpc) is 2.31. The van der Waals surface area contributed by atoms with Gasteiger partial charge in [0.2, 0.25) is 0 Å². The van der Waals surface area contributed by atoms with Crippen LogP contribution in [0.2, 0.25) is 0 Å². The van der Waals surface area contributed by atoms with E-state index in [1.54, 1.807) is 6.92 Å².